The van der Waals surface area contributed by atoms with E-state index in [0.717, 1.165) is 27.8 Å². The van der Waals surface area contributed by atoms with Crippen molar-refractivity contribution >= 4 is 45.8 Å². The van der Waals surface area contributed by atoms with Crippen LogP contribution in [0.3, 0.4) is 0 Å². The van der Waals surface area contributed by atoms with Crippen molar-refractivity contribution in [3.8, 4) is 11.1 Å². The zero-order valence-electron chi connectivity index (χ0n) is 19.2. The first-order chi connectivity index (χ1) is 16.9. The number of nitrogens with zero attached hydrogens (tertiary/aromatic N) is 5. The Balaban J connectivity index is 1.32. The van der Waals surface area contributed by atoms with Crippen molar-refractivity contribution < 1.29 is 4.79 Å². The number of amides is 1. The number of carbonyl (C=O) groups is 1. The third kappa shape index (κ3) is 4.92. The second kappa shape index (κ2) is 9.52. The molecule has 0 aliphatic rings. The number of benzene rings is 2. The van der Waals surface area contributed by atoms with E-state index in [2.05, 4.69) is 51.7 Å². The Morgan fingerprint density at radius 2 is 1.86 bits per heavy atom. The van der Waals surface area contributed by atoms with Crippen molar-refractivity contribution in [2.45, 2.75) is 26.9 Å². The van der Waals surface area contributed by atoms with Gasteiger partial charge in [-0.3, -0.25) is 9.48 Å². The predicted octanol–water partition coefficient (Wildman–Crippen LogP) is 5.91. The molecule has 0 radical (unpaired) electrons. The van der Waals surface area contributed by atoms with Crippen LogP contribution in [-0.2, 0) is 17.9 Å². The molecule has 0 fully saturated rings. The van der Waals surface area contributed by atoms with E-state index in [0.29, 0.717) is 27.9 Å². The summed E-state index contributed by atoms with van der Waals surface area (Å²) in [5, 5.41) is 13.9. The summed E-state index contributed by atoms with van der Waals surface area (Å²) in [7, 11) is 0. The number of pyridine rings is 1. The van der Waals surface area contributed by atoms with Gasteiger partial charge in [-0.1, -0.05) is 59.1 Å². The number of hydrogen-bond acceptors (Lipinski definition) is 4. The molecule has 9 heteroatoms. The lowest BCUT2D eigenvalue weighted by atomic mass is 10.0. The maximum Gasteiger partial charge on any atom is 0.246 e. The quantitative estimate of drug-likeness (QED) is 0.312. The van der Waals surface area contributed by atoms with Crippen LogP contribution in [-0.4, -0.2) is 30.5 Å². The molecule has 5 rings (SSSR count). The van der Waals surface area contributed by atoms with Crippen LogP contribution in [0.1, 0.15) is 16.8 Å². The molecule has 5 aromatic rings. The van der Waals surface area contributed by atoms with E-state index in [1.807, 2.05) is 19.1 Å². The molecule has 0 bridgehead atoms. The molecule has 3 aromatic heterocycles. The Bertz CT molecular complexity index is 1540. The standard InChI is InChI=1S/C26H22Cl2N6O/c1-16-3-5-18(6-4-16)22-9-10-29-26-25(22)17(2)32-34(26)15-24(35)31-21-12-30-33(14-21)13-19-7-8-20(27)11-23(19)28/h3-12,14H,13,15H2,1-2H3,(H,31,35). The maximum atomic E-state index is 12.8. The van der Waals surface area contributed by atoms with Crippen LogP contribution in [0.4, 0.5) is 5.69 Å². The van der Waals surface area contributed by atoms with Crippen LogP contribution in [0, 0.1) is 13.8 Å². The number of anilines is 1. The fourth-order valence-electron chi connectivity index (χ4n) is 4.04. The molecule has 0 aliphatic heterocycles. The van der Waals surface area contributed by atoms with Crippen LogP contribution >= 0.6 is 23.2 Å². The van der Waals surface area contributed by atoms with E-state index in [4.69, 9.17) is 23.2 Å². The fourth-order valence-corrected chi connectivity index (χ4v) is 4.51. The molecule has 7 nitrogen and oxygen atoms in total. The zero-order valence-corrected chi connectivity index (χ0v) is 20.7. The van der Waals surface area contributed by atoms with E-state index in [-0.39, 0.29) is 12.5 Å². The number of halogens is 2. The first-order valence-electron chi connectivity index (χ1n) is 11.0. The summed E-state index contributed by atoms with van der Waals surface area (Å²) in [5.74, 6) is -0.221. The van der Waals surface area contributed by atoms with E-state index < -0.39 is 0 Å². The summed E-state index contributed by atoms with van der Waals surface area (Å²) in [6.45, 7) is 4.48. The van der Waals surface area contributed by atoms with Crippen molar-refractivity contribution in [2.24, 2.45) is 0 Å². The highest BCUT2D eigenvalue weighted by molar-refractivity contribution is 6.35. The lowest BCUT2D eigenvalue weighted by Crippen LogP contribution is -2.19. The average Bonchev–Trinajstić information content (AvgIpc) is 3.40. The monoisotopic (exact) mass is 504 g/mol. The van der Waals surface area contributed by atoms with Gasteiger partial charge in [0.05, 0.1) is 24.1 Å². The van der Waals surface area contributed by atoms with Crippen molar-refractivity contribution in [3.63, 3.8) is 0 Å². The predicted molar refractivity (Wildman–Crippen MR) is 139 cm³/mol. The maximum absolute atomic E-state index is 12.8. The SMILES string of the molecule is Cc1ccc(-c2ccnc3c2c(C)nn3CC(=O)Nc2cnn(Cc3ccc(Cl)cc3Cl)c2)cc1. The van der Waals surface area contributed by atoms with Gasteiger partial charge in [-0.25, -0.2) is 9.67 Å². The summed E-state index contributed by atoms with van der Waals surface area (Å²) < 4.78 is 3.34. The minimum Gasteiger partial charge on any atom is -0.322 e. The van der Waals surface area contributed by atoms with Crippen molar-refractivity contribution in [2.75, 3.05) is 5.32 Å². The zero-order chi connectivity index (χ0) is 24.5. The molecular formula is C26H22Cl2N6O. The van der Waals surface area contributed by atoms with Crippen LogP contribution in [0.2, 0.25) is 10.0 Å². The van der Waals surface area contributed by atoms with Gasteiger partial charge in [0.15, 0.2) is 5.65 Å². The van der Waals surface area contributed by atoms with Crippen LogP contribution < -0.4 is 5.32 Å². The van der Waals surface area contributed by atoms with E-state index in [1.165, 1.54) is 5.56 Å². The van der Waals surface area contributed by atoms with Gasteiger partial charge in [-0.2, -0.15) is 10.2 Å². The van der Waals surface area contributed by atoms with Gasteiger partial charge < -0.3 is 5.32 Å². The fraction of sp³-hybridized carbons (Fsp3) is 0.154. The van der Waals surface area contributed by atoms with Gasteiger partial charge >= 0.3 is 0 Å². The van der Waals surface area contributed by atoms with Crippen LogP contribution in [0.15, 0.2) is 67.1 Å². The Morgan fingerprint density at radius 1 is 1.06 bits per heavy atom. The van der Waals surface area contributed by atoms with Gasteiger partial charge in [0, 0.05) is 27.8 Å². The summed E-state index contributed by atoms with van der Waals surface area (Å²) in [5.41, 5.74) is 6.29. The molecule has 0 saturated carbocycles. The molecular weight excluding hydrogens is 483 g/mol. The van der Waals surface area contributed by atoms with Gasteiger partial charge in [0.25, 0.3) is 0 Å². The van der Waals surface area contributed by atoms with E-state index >= 15 is 0 Å². The Labute approximate surface area is 212 Å². The first-order valence-corrected chi connectivity index (χ1v) is 11.8. The number of aromatic nitrogens is 5. The number of fused-ring (bicyclic) bond motifs is 1. The Hall–Kier alpha value is -3.68. The summed E-state index contributed by atoms with van der Waals surface area (Å²) in [4.78, 5) is 17.3. The summed E-state index contributed by atoms with van der Waals surface area (Å²) in [6, 6.07) is 15.6. The first kappa shape index (κ1) is 23.1. The van der Waals surface area contributed by atoms with Gasteiger partial charge in [0.2, 0.25) is 5.91 Å². The molecule has 0 saturated heterocycles. The van der Waals surface area contributed by atoms with Crippen molar-refractivity contribution in [1.29, 1.82) is 0 Å². The minimum absolute atomic E-state index is 0.0306. The second-order valence-corrected chi connectivity index (χ2v) is 9.22. The third-order valence-electron chi connectivity index (χ3n) is 5.73. The smallest absolute Gasteiger partial charge is 0.246 e. The lowest BCUT2D eigenvalue weighted by molar-refractivity contribution is -0.116. The second-order valence-electron chi connectivity index (χ2n) is 8.38. The lowest BCUT2D eigenvalue weighted by Gasteiger charge is -2.06. The van der Waals surface area contributed by atoms with E-state index in [1.54, 1.807) is 40.1 Å². The minimum atomic E-state index is -0.221. The highest BCUT2D eigenvalue weighted by atomic mass is 35.5. The molecule has 176 valence electrons. The number of nitrogens with one attached hydrogen (secondary N) is 1. The number of aryl methyl sites for hydroxylation is 2. The Kier molecular flexibility index (Phi) is 6.28. The molecule has 1 N–H and O–H groups in total. The summed E-state index contributed by atoms with van der Waals surface area (Å²) in [6.07, 6.45) is 5.10. The van der Waals surface area contributed by atoms with Crippen molar-refractivity contribution in [1.82, 2.24) is 24.5 Å². The molecule has 2 aromatic carbocycles. The highest BCUT2D eigenvalue weighted by Gasteiger charge is 2.16. The van der Waals surface area contributed by atoms with Gasteiger partial charge in [-0.05, 0) is 48.7 Å². The Morgan fingerprint density at radius 3 is 2.63 bits per heavy atom. The van der Waals surface area contributed by atoms with Crippen LogP contribution in [0.5, 0.6) is 0 Å². The molecule has 1 amide bonds. The normalized spacial score (nSPS) is 11.2. The summed E-state index contributed by atoms with van der Waals surface area (Å²) >= 11 is 12.2. The third-order valence-corrected chi connectivity index (χ3v) is 6.32. The topological polar surface area (TPSA) is 77.6 Å². The highest BCUT2D eigenvalue weighted by Crippen LogP contribution is 2.30. The van der Waals surface area contributed by atoms with Gasteiger partial charge in [-0.15, -0.1) is 0 Å². The molecule has 0 spiro atoms. The molecule has 0 atom stereocenters. The molecule has 0 unspecified atom stereocenters. The average molecular weight is 505 g/mol. The number of hydrogen-bond donors (Lipinski definition) is 1. The van der Waals surface area contributed by atoms with Crippen LogP contribution in [0.25, 0.3) is 22.2 Å². The largest absolute Gasteiger partial charge is 0.322 e. The van der Waals surface area contributed by atoms with Gasteiger partial charge in [0.1, 0.15) is 6.54 Å². The molecule has 3 heterocycles. The molecule has 35 heavy (non-hydrogen) atoms. The van der Waals surface area contributed by atoms with Crippen molar-refractivity contribution in [3.05, 3.63) is 94.0 Å². The number of rotatable bonds is 6. The molecule has 0 aliphatic carbocycles. The van der Waals surface area contributed by atoms with E-state index in [9.17, 15) is 4.79 Å². The number of carbonyl (C=O) groups excluding carboxylic acids is 1.